The minimum atomic E-state index is -4.37. The van der Waals surface area contributed by atoms with E-state index in [1.165, 1.54) is 23.3 Å². The van der Waals surface area contributed by atoms with E-state index in [0.717, 1.165) is 67.5 Å². The maximum atomic E-state index is 13.4. The van der Waals surface area contributed by atoms with Crippen LogP contribution in [0.15, 0.2) is 24.3 Å². The van der Waals surface area contributed by atoms with Crippen LogP contribution in [0.25, 0.3) is 0 Å². The van der Waals surface area contributed by atoms with E-state index < -0.39 is 31.8 Å². The fourth-order valence-corrected chi connectivity index (χ4v) is 8.01. The Morgan fingerprint density at radius 2 is 1.64 bits per heavy atom. The predicted molar refractivity (Wildman–Crippen MR) is 151 cm³/mol. The molecule has 2 unspecified atom stereocenters. The molecule has 0 saturated heterocycles. The fourth-order valence-electron chi connectivity index (χ4n) is 6.74. The quantitative estimate of drug-likeness (QED) is 0.350. The Morgan fingerprint density at radius 3 is 2.18 bits per heavy atom. The van der Waals surface area contributed by atoms with Crippen LogP contribution in [0.1, 0.15) is 125 Å². The van der Waals surface area contributed by atoms with Crippen LogP contribution in [0.4, 0.5) is 13.2 Å². The summed E-state index contributed by atoms with van der Waals surface area (Å²) in [5.41, 5.74) is 5.47. The Hall–Kier alpha value is -1.70. The van der Waals surface area contributed by atoms with Gasteiger partial charge in [0.15, 0.2) is 8.32 Å². The van der Waals surface area contributed by atoms with E-state index in [9.17, 15) is 13.2 Å². The first-order valence-electron chi connectivity index (χ1n) is 14.6. The number of ether oxygens (including phenoxy) is 1. The first-order chi connectivity index (χ1) is 18.0. The second kappa shape index (κ2) is 9.42. The van der Waals surface area contributed by atoms with Gasteiger partial charge in [0.2, 0.25) is 0 Å². The molecule has 1 aromatic heterocycles. The van der Waals surface area contributed by atoms with Crippen LogP contribution in [0.5, 0.6) is 0 Å². The first-order valence-corrected chi connectivity index (χ1v) is 17.5. The van der Waals surface area contributed by atoms with Gasteiger partial charge in [0, 0.05) is 22.5 Å². The van der Waals surface area contributed by atoms with Gasteiger partial charge in [0.05, 0.1) is 17.3 Å². The van der Waals surface area contributed by atoms with E-state index in [2.05, 4.69) is 54.6 Å². The molecule has 0 bridgehead atoms. The Labute approximate surface area is 233 Å². The average molecular weight is 560 g/mol. The van der Waals surface area contributed by atoms with Crippen molar-refractivity contribution in [2.75, 3.05) is 0 Å². The zero-order valence-electron chi connectivity index (χ0n) is 24.8. The third kappa shape index (κ3) is 5.01. The van der Waals surface area contributed by atoms with E-state index in [4.69, 9.17) is 14.1 Å². The van der Waals surface area contributed by atoms with Crippen molar-refractivity contribution in [2.45, 2.75) is 129 Å². The maximum Gasteiger partial charge on any atom is 0.416 e. The van der Waals surface area contributed by atoms with Gasteiger partial charge >= 0.3 is 6.18 Å². The number of halogens is 3. The molecule has 2 aromatic rings. The topological polar surface area (TPSA) is 31.4 Å². The van der Waals surface area contributed by atoms with Crippen molar-refractivity contribution in [3.05, 3.63) is 63.5 Å². The number of benzene rings is 1. The van der Waals surface area contributed by atoms with Gasteiger partial charge in [0.1, 0.15) is 6.10 Å². The molecule has 1 saturated carbocycles. The largest absolute Gasteiger partial charge is 0.416 e. The van der Waals surface area contributed by atoms with E-state index in [1.54, 1.807) is 12.1 Å². The van der Waals surface area contributed by atoms with Gasteiger partial charge in [0.25, 0.3) is 0 Å². The summed E-state index contributed by atoms with van der Waals surface area (Å²) in [7, 11) is -2.11. The SMILES string of the molecule is CCc1nc2c(c3c1C(c1ccc(C(F)(F)F)cc1)OC31CCCC1)C(O[Si](C)(C)C(C)(C)C)CC(C)(C)C2. The minimum absolute atomic E-state index is 0.0570. The van der Waals surface area contributed by atoms with Crippen LogP contribution in [-0.2, 0) is 33.8 Å². The molecular formula is C32H44F3NO2Si. The highest BCUT2D eigenvalue weighted by atomic mass is 28.4. The Bertz CT molecular complexity index is 1240. The molecular weight excluding hydrogens is 515 g/mol. The molecule has 39 heavy (non-hydrogen) atoms. The van der Waals surface area contributed by atoms with Crippen LogP contribution in [-0.4, -0.2) is 13.3 Å². The smallest absolute Gasteiger partial charge is 0.410 e. The summed E-state index contributed by atoms with van der Waals surface area (Å²) in [4.78, 5) is 5.30. The number of fused-ring (bicyclic) bond motifs is 4. The molecule has 2 atom stereocenters. The summed E-state index contributed by atoms with van der Waals surface area (Å²) >= 11 is 0. The van der Waals surface area contributed by atoms with Crippen molar-refractivity contribution in [1.82, 2.24) is 4.98 Å². The summed E-state index contributed by atoms with van der Waals surface area (Å²) in [6, 6.07) is 5.55. The normalized spacial score (nSPS) is 24.2. The molecule has 7 heteroatoms. The van der Waals surface area contributed by atoms with Crippen molar-refractivity contribution in [3.8, 4) is 0 Å². The number of alkyl halides is 3. The van der Waals surface area contributed by atoms with Crippen molar-refractivity contribution in [2.24, 2.45) is 5.41 Å². The monoisotopic (exact) mass is 559 g/mol. The standard InChI is InChI=1S/C32H44F3NO2Si/c1-9-22-26-27(25-23(36-22)18-30(5,6)19-24(25)38-39(7,8)29(2,3)4)31(16-10-11-17-31)37-28(26)20-12-14-21(15-13-20)32(33,34)35/h12-15,24,28H,9-11,16-19H2,1-8H3. The Morgan fingerprint density at radius 1 is 1.03 bits per heavy atom. The second-order valence-corrected chi connectivity index (χ2v) is 19.0. The number of nitrogens with zero attached hydrogens (tertiary/aromatic N) is 1. The van der Waals surface area contributed by atoms with Crippen LogP contribution >= 0.6 is 0 Å². The lowest BCUT2D eigenvalue weighted by atomic mass is 9.71. The van der Waals surface area contributed by atoms with Crippen LogP contribution in [0.3, 0.4) is 0 Å². The lowest BCUT2D eigenvalue weighted by Crippen LogP contribution is -2.44. The van der Waals surface area contributed by atoms with E-state index in [1.807, 2.05) is 0 Å². The number of aryl methyl sites for hydroxylation is 1. The number of hydrogen-bond donors (Lipinski definition) is 0. The van der Waals surface area contributed by atoms with Crippen molar-refractivity contribution in [1.29, 1.82) is 0 Å². The first kappa shape index (κ1) is 28.8. The van der Waals surface area contributed by atoms with Gasteiger partial charge in [-0.05, 0) is 78.9 Å². The Balaban J connectivity index is 1.72. The van der Waals surface area contributed by atoms with Gasteiger partial charge in [-0.15, -0.1) is 0 Å². The third-order valence-electron chi connectivity index (χ3n) is 9.73. The van der Waals surface area contributed by atoms with Crippen molar-refractivity contribution < 1.29 is 22.3 Å². The predicted octanol–water partition coefficient (Wildman–Crippen LogP) is 9.59. The van der Waals surface area contributed by atoms with Crippen molar-refractivity contribution >= 4 is 8.32 Å². The van der Waals surface area contributed by atoms with Crippen LogP contribution in [0, 0.1) is 5.41 Å². The van der Waals surface area contributed by atoms with E-state index in [0.29, 0.717) is 0 Å². The molecule has 3 nitrogen and oxygen atoms in total. The zero-order chi connectivity index (χ0) is 28.6. The van der Waals surface area contributed by atoms with Gasteiger partial charge in [-0.1, -0.05) is 66.5 Å². The molecule has 1 aromatic carbocycles. The number of rotatable bonds is 4. The number of pyridine rings is 1. The fraction of sp³-hybridized carbons (Fsp3) is 0.656. The summed E-state index contributed by atoms with van der Waals surface area (Å²) in [6.45, 7) is 18.2. The highest BCUT2D eigenvalue weighted by Gasteiger charge is 2.53. The molecule has 1 spiro atoms. The number of aromatic nitrogens is 1. The number of hydrogen-bond acceptors (Lipinski definition) is 3. The van der Waals surface area contributed by atoms with Gasteiger partial charge < -0.3 is 9.16 Å². The minimum Gasteiger partial charge on any atom is -0.410 e. The summed E-state index contributed by atoms with van der Waals surface area (Å²) in [6.07, 6.45) is 1.72. The zero-order valence-corrected chi connectivity index (χ0v) is 25.8. The second-order valence-electron chi connectivity index (χ2n) is 14.3. The van der Waals surface area contributed by atoms with E-state index in [-0.39, 0.29) is 16.6 Å². The molecule has 1 aliphatic heterocycles. The lowest BCUT2D eigenvalue weighted by molar-refractivity contribution is -0.137. The molecule has 1 fully saturated rings. The van der Waals surface area contributed by atoms with E-state index >= 15 is 0 Å². The highest BCUT2D eigenvalue weighted by molar-refractivity contribution is 6.74. The van der Waals surface area contributed by atoms with Gasteiger partial charge in [-0.3, -0.25) is 4.98 Å². The van der Waals surface area contributed by atoms with Gasteiger partial charge in [-0.25, -0.2) is 0 Å². The highest BCUT2D eigenvalue weighted by Crippen LogP contribution is 2.60. The maximum absolute atomic E-state index is 13.4. The molecule has 3 aliphatic rings. The summed E-state index contributed by atoms with van der Waals surface area (Å²) in [5.74, 6) is 0. The van der Waals surface area contributed by atoms with Crippen molar-refractivity contribution in [3.63, 3.8) is 0 Å². The molecule has 0 amide bonds. The van der Waals surface area contributed by atoms with Crippen LogP contribution in [0.2, 0.25) is 18.1 Å². The summed E-state index contributed by atoms with van der Waals surface area (Å²) in [5, 5.41) is 0.0685. The lowest BCUT2D eigenvalue weighted by Gasteiger charge is -2.45. The Kier molecular flexibility index (Phi) is 6.96. The molecule has 5 rings (SSSR count). The molecule has 0 N–H and O–H groups in total. The molecule has 214 valence electrons. The molecule has 0 radical (unpaired) electrons. The third-order valence-corrected chi connectivity index (χ3v) is 14.2. The van der Waals surface area contributed by atoms with Gasteiger partial charge in [-0.2, -0.15) is 13.2 Å². The summed E-state index contributed by atoms with van der Waals surface area (Å²) < 4.78 is 54.3. The van der Waals surface area contributed by atoms with Crippen LogP contribution < -0.4 is 0 Å². The average Bonchev–Trinajstić information content (AvgIpc) is 3.42. The molecule has 2 aliphatic carbocycles. The molecule has 2 heterocycles.